The summed E-state index contributed by atoms with van der Waals surface area (Å²) in [6.07, 6.45) is 0. The standard InChI is InChI=1S/C9H8OS/c10-9-6-2-1-4-8(9)5-3-7-11/h1-2,4,6,10-11H,7H2. The maximum absolute atomic E-state index is 9.21. The molecule has 0 heterocycles. The topological polar surface area (TPSA) is 20.2 Å². The average Bonchev–Trinajstić information content (AvgIpc) is 2.03. The fraction of sp³-hybridized carbons (Fsp3) is 0.111. The highest BCUT2D eigenvalue weighted by molar-refractivity contribution is 7.80. The number of para-hydroxylation sites is 1. The van der Waals surface area contributed by atoms with Crippen molar-refractivity contribution in [3.63, 3.8) is 0 Å². The first-order chi connectivity index (χ1) is 5.34. The first kappa shape index (κ1) is 8.03. The number of phenolic OH excluding ortho intramolecular Hbond substituents is 1. The van der Waals surface area contributed by atoms with Crippen LogP contribution in [-0.2, 0) is 0 Å². The SMILES string of the molecule is Oc1ccccc1C#CCS. The van der Waals surface area contributed by atoms with Gasteiger partial charge in [-0.1, -0.05) is 24.0 Å². The van der Waals surface area contributed by atoms with E-state index in [0.29, 0.717) is 11.3 Å². The molecule has 0 atom stereocenters. The number of hydrogen-bond acceptors (Lipinski definition) is 2. The zero-order valence-corrected chi connectivity index (χ0v) is 6.81. The van der Waals surface area contributed by atoms with Crippen LogP contribution < -0.4 is 0 Å². The third-order valence-corrected chi connectivity index (χ3v) is 1.36. The van der Waals surface area contributed by atoms with Crippen LogP contribution in [0.15, 0.2) is 24.3 Å². The Morgan fingerprint density at radius 3 is 2.73 bits per heavy atom. The van der Waals surface area contributed by atoms with E-state index in [-0.39, 0.29) is 5.75 Å². The summed E-state index contributed by atoms with van der Waals surface area (Å²) in [5.74, 6) is 6.28. The van der Waals surface area contributed by atoms with Crippen LogP contribution in [0.3, 0.4) is 0 Å². The van der Waals surface area contributed by atoms with Crippen molar-refractivity contribution in [1.82, 2.24) is 0 Å². The fourth-order valence-corrected chi connectivity index (χ4v) is 0.793. The lowest BCUT2D eigenvalue weighted by Crippen LogP contribution is -1.74. The van der Waals surface area contributed by atoms with Gasteiger partial charge in [-0.15, -0.1) is 0 Å². The van der Waals surface area contributed by atoms with E-state index < -0.39 is 0 Å². The molecule has 0 aromatic heterocycles. The van der Waals surface area contributed by atoms with Crippen molar-refractivity contribution < 1.29 is 5.11 Å². The summed E-state index contributed by atoms with van der Waals surface area (Å²) in [4.78, 5) is 0. The number of phenols is 1. The number of aromatic hydroxyl groups is 1. The van der Waals surface area contributed by atoms with E-state index in [1.807, 2.05) is 6.07 Å². The smallest absolute Gasteiger partial charge is 0.131 e. The Morgan fingerprint density at radius 1 is 1.36 bits per heavy atom. The zero-order chi connectivity index (χ0) is 8.10. The maximum atomic E-state index is 9.21. The van der Waals surface area contributed by atoms with E-state index in [1.54, 1.807) is 18.2 Å². The molecule has 0 aliphatic heterocycles. The Hall–Kier alpha value is -1.07. The lowest BCUT2D eigenvalue weighted by atomic mass is 10.2. The second kappa shape index (κ2) is 3.95. The highest BCUT2D eigenvalue weighted by atomic mass is 32.1. The minimum Gasteiger partial charge on any atom is -0.507 e. The highest BCUT2D eigenvalue weighted by Crippen LogP contribution is 2.13. The molecule has 1 aromatic carbocycles. The van der Waals surface area contributed by atoms with Gasteiger partial charge in [0, 0.05) is 0 Å². The molecule has 1 N–H and O–H groups in total. The molecule has 0 saturated heterocycles. The normalized spacial score (nSPS) is 8.45. The summed E-state index contributed by atoms with van der Waals surface area (Å²) in [6.45, 7) is 0. The van der Waals surface area contributed by atoms with Gasteiger partial charge >= 0.3 is 0 Å². The first-order valence-electron chi connectivity index (χ1n) is 3.22. The molecule has 0 fully saturated rings. The lowest BCUT2D eigenvalue weighted by Gasteiger charge is -1.92. The molecule has 0 radical (unpaired) electrons. The van der Waals surface area contributed by atoms with E-state index in [9.17, 15) is 5.11 Å². The summed E-state index contributed by atoms with van der Waals surface area (Å²) < 4.78 is 0. The molecule has 11 heavy (non-hydrogen) atoms. The fourth-order valence-electron chi connectivity index (χ4n) is 0.714. The molecule has 0 saturated carbocycles. The number of benzene rings is 1. The van der Waals surface area contributed by atoms with Crippen molar-refractivity contribution in [1.29, 1.82) is 0 Å². The molecule has 0 aliphatic carbocycles. The Bertz CT molecular complexity index is 296. The third-order valence-electron chi connectivity index (χ3n) is 1.21. The second-order valence-electron chi connectivity index (χ2n) is 1.98. The van der Waals surface area contributed by atoms with Gasteiger partial charge in [0.1, 0.15) is 5.75 Å². The van der Waals surface area contributed by atoms with Crippen LogP contribution in [-0.4, -0.2) is 10.9 Å². The highest BCUT2D eigenvalue weighted by Gasteiger charge is 1.91. The molecule has 1 aromatic rings. The van der Waals surface area contributed by atoms with Crippen molar-refractivity contribution in [3.05, 3.63) is 29.8 Å². The van der Waals surface area contributed by atoms with E-state index in [1.165, 1.54) is 0 Å². The van der Waals surface area contributed by atoms with Crippen LogP contribution >= 0.6 is 12.6 Å². The van der Waals surface area contributed by atoms with Gasteiger partial charge in [-0.25, -0.2) is 0 Å². The molecule has 1 rings (SSSR count). The first-order valence-corrected chi connectivity index (χ1v) is 3.85. The molecule has 1 nitrogen and oxygen atoms in total. The Labute approximate surface area is 71.5 Å². The van der Waals surface area contributed by atoms with Crippen LogP contribution in [0.2, 0.25) is 0 Å². The van der Waals surface area contributed by atoms with E-state index >= 15 is 0 Å². The van der Waals surface area contributed by atoms with Crippen molar-refractivity contribution in [3.8, 4) is 17.6 Å². The molecule has 2 heteroatoms. The molecular weight excluding hydrogens is 156 g/mol. The van der Waals surface area contributed by atoms with E-state index in [2.05, 4.69) is 24.5 Å². The van der Waals surface area contributed by atoms with Crippen LogP contribution in [0.4, 0.5) is 0 Å². The summed E-state index contributed by atoms with van der Waals surface area (Å²) >= 11 is 3.93. The molecular formula is C9H8OS. The van der Waals surface area contributed by atoms with Gasteiger partial charge in [0.05, 0.1) is 11.3 Å². The summed E-state index contributed by atoms with van der Waals surface area (Å²) in [7, 11) is 0. The van der Waals surface area contributed by atoms with Crippen molar-refractivity contribution in [2.75, 3.05) is 5.75 Å². The Kier molecular flexibility index (Phi) is 2.88. The minimum absolute atomic E-state index is 0.224. The molecule has 0 amide bonds. The quantitative estimate of drug-likeness (QED) is 0.441. The van der Waals surface area contributed by atoms with Crippen LogP contribution in [0.1, 0.15) is 5.56 Å². The van der Waals surface area contributed by atoms with Gasteiger partial charge in [0.15, 0.2) is 0 Å². The molecule has 0 unspecified atom stereocenters. The van der Waals surface area contributed by atoms with Crippen molar-refractivity contribution >= 4 is 12.6 Å². The maximum Gasteiger partial charge on any atom is 0.131 e. The van der Waals surface area contributed by atoms with Crippen LogP contribution in [0.5, 0.6) is 5.75 Å². The molecule has 0 aliphatic rings. The average molecular weight is 164 g/mol. The van der Waals surface area contributed by atoms with Gasteiger partial charge in [0.2, 0.25) is 0 Å². The predicted molar refractivity (Wildman–Crippen MR) is 48.8 cm³/mol. The van der Waals surface area contributed by atoms with Crippen LogP contribution in [0.25, 0.3) is 0 Å². The lowest BCUT2D eigenvalue weighted by molar-refractivity contribution is 0.473. The van der Waals surface area contributed by atoms with E-state index in [4.69, 9.17) is 0 Å². The molecule has 0 bridgehead atoms. The third kappa shape index (κ3) is 2.21. The number of rotatable bonds is 0. The largest absolute Gasteiger partial charge is 0.507 e. The Morgan fingerprint density at radius 2 is 2.09 bits per heavy atom. The van der Waals surface area contributed by atoms with Crippen molar-refractivity contribution in [2.45, 2.75) is 0 Å². The van der Waals surface area contributed by atoms with Gasteiger partial charge in [0.25, 0.3) is 0 Å². The van der Waals surface area contributed by atoms with Gasteiger partial charge in [-0.2, -0.15) is 12.6 Å². The van der Waals surface area contributed by atoms with Gasteiger partial charge < -0.3 is 5.11 Å². The predicted octanol–water partition coefficient (Wildman–Crippen LogP) is 1.67. The number of thiol groups is 1. The number of hydrogen-bond donors (Lipinski definition) is 2. The summed E-state index contributed by atoms with van der Waals surface area (Å²) in [5, 5.41) is 9.21. The summed E-state index contributed by atoms with van der Waals surface area (Å²) in [6, 6.07) is 6.98. The van der Waals surface area contributed by atoms with E-state index in [0.717, 1.165) is 0 Å². The summed E-state index contributed by atoms with van der Waals surface area (Å²) in [5.41, 5.74) is 0.654. The van der Waals surface area contributed by atoms with Crippen molar-refractivity contribution in [2.24, 2.45) is 0 Å². The van der Waals surface area contributed by atoms with Gasteiger partial charge in [-0.3, -0.25) is 0 Å². The minimum atomic E-state index is 0.224. The van der Waals surface area contributed by atoms with Gasteiger partial charge in [-0.05, 0) is 12.1 Å². The monoisotopic (exact) mass is 164 g/mol. The molecule has 0 spiro atoms. The zero-order valence-electron chi connectivity index (χ0n) is 5.91. The molecule has 56 valence electrons. The second-order valence-corrected chi connectivity index (χ2v) is 2.29. The van der Waals surface area contributed by atoms with Crippen LogP contribution in [0, 0.1) is 11.8 Å². The Balaban J connectivity index is 2.95.